The monoisotopic (exact) mass is 269 g/mol. The van der Waals surface area contributed by atoms with Crippen molar-refractivity contribution in [1.82, 2.24) is 4.98 Å². The third-order valence-corrected chi connectivity index (χ3v) is 4.02. The summed E-state index contributed by atoms with van der Waals surface area (Å²) in [7, 11) is 0. The fourth-order valence-corrected chi connectivity index (χ4v) is 2.94. The molecule has 0 atom stereocenters. The summed E-state index contributed by atoms with van der Waals surface area (Å²) in [5.74, 6) is 0. The van der Waals surface area contributed by atoms with Gasteiger partial charge in [-0.15, -0.1) is 0 Å². The van der Waals surface area contributed by atoms with E-state index in [0.717, 1.165) is 5.69 Å². The highest BCUT2D eigenvalue weighted by Crippen LogP contribution is 2.31. The Bertz CT molecular complexity index is 949. The Hall–Kier alpha value is -2.67. The van der Waals surface area contributed by atoms with Crippen LogP contribution >= 0.6 is 0 Å². The summed E-state index contributed by atoms with van der Waals surface area (Å²) >= 11 is 0. The molecule has 0 spiro atoms. The zero-order chi connectivity index (χ0) is 14.2. The van der Waals surface area contributed by atoms with E-state index in [0.29, 0.717) is 0 Å². The number of pyridine rings is 1. The van der Waals surface area contributed by atoms with Crippen LogP contribution in [0.2, 0.25) is 0 Å². The minimum Gasteiger partial charge on any atom is -0.256 e. The molecule has 1 heteroatoms. The number of hydrogen-bond donors (Lipinski definition) is 0. The highest BCUT2D eigenvalue weighted by Gasteiger charge is 2.09. The molecule has 1 aromatic heterocycles. The second kappa shape index (κ2) is 4.71. The first kappa shape index (κ1) is 12.1. The van der Waals surface area contributed by atoms with Crippen LogP contribution in [-0.4, -0.2) is 4.98 Å². The number of nitrogens with zero attached hydrogens (tertiary/aromatic N) is 1. The van der Waals surface area contributed by atoms with Crippen molar-refractivity contribution in [2.24, 2.45) is 0 Å². The van der Waals surface area contributed by atoms with Gasteiger partial charge in [0.1, 0.15) is 0 Å². The zero-order valence-corrected chi connectivity index (χ0v) is 11.9. The quantitative estimate of drug-likeness (QED) is 0.453. The number of benzene rings is 3. The Balaban J connectivity index is 2.06. The van der Waals surface area contributed by atoms with Crippen molar-refractivity contribution in [2.75, 3.05) is 0 Å². The lowest BCUT2D eigenvalue weighted by molar-refractivity contribution is 1.34. The van der Waals surface area contributed by atoms with Crippen LogP contribution in [0.4, 0.5) is 0 Å². The van der Waals surface area contributed by atoms with Gasteiger partial charge in [0.15, 0.2) is 0 Å². The van der Waals surface area contributed by atoms with Gasteiger partial charge in [-0.25, -0.2) is 0 Å². The Morgan fingerprint density at radius 2 is 1.38 bits per heavy atom. The standard InChI is InChI=1S/C20H15N/c1-14-12-16-7-2-3-8-17(16)13-19(14)20-18-9-5-4-6-15(18)10-11-21-20/h2-13H,1H3. The Morgan fingerprint density at radius 3 is 2.19 bits per heavy atom. The van der Waals surface area contributed by atoms with Crippen molar-refractivity contribution in [3.8, 4) is 11.3 Å². The van der Waals surface area contributed by atoms with E-state index in [1.165, 1.54) is 32.7 Å². The summed E-state index contributed by atoms with van der Waals surface area (Å²) in [4.78, 5) is 4.64. The largest absolute Gasteiger partial charge is 0.256 e. The van der Waals surface area contributed by atoms with Crippen LogP contribution in [0.1, 0.15) is 5.56 Å². The van der Waals surface area contributed by atoms with Crippen molar-refractivity contribution < 1.29 is 0 Å². The zero-order valence-electron chi connectivity index (χ0n) is 11.9. The summed E-state index contributed by atoms with van der Waals surface area (Å²) in [6.07, 6.45) is 1.90. The molecule has 0 saturated carbocycles. The predicted octanol–water partition coefficient (Wildman–Crippen LogP) is 5.36. The highest BCUT2D eigenvalue weighted by molar-refractivity contribution is 5.98. The molecule has 0 fully saturated rings. The lowest BCUT2D eigenvalue weighted by atomic mass is 9.96. The van der Waals surface area contributed by atoms with E-state index in [1.54, 1.807) is 0 Å². The molecule has 0 unspecified atom stereocenters. The summed E-state index contributed by atoms with van der Waals surface area (Å²) in [6, 6.07) is 23.5. The third kappa shape index (κ3) is 1.98. The van der Waals surface area contributed by atoms with Gasteiger partial charge >= 0.3 is 0 Å². The predicted molar refractivity (Wildman–Crippen MR) is 89.4 cm³/mol. The van der Waals surface area contributed by atoms with Crippen LogP contribution in [0.25, 0.3) is 32.8 Å². The molecule has 0 saturated heterocycles. The molecule has 0 amide bonds. The van der Waals surface area contributed by atoms with Gasteiger partial charge in [0.25, 0.3) is 0 Å². The average molecular weight is 269 g/mol. The smallest absolute Gasteiger partial charge is 0.0783 e. The third-order valence-electron chi connectivity index (χ3n) is 4.02. The van der Waals surface area contributed by atoms with Crippen molar-refractivity contribution in [3.63, 3.8) is 0 Å². The molecular weight excluding hydrogens is 254 g/mol. The van der Waals surface area contributed by atoms with Gasteiger partial charge in [-0.1, -0.05) is 54.6 Å². The minimum absolute atomic E-state index is 1.07. The second-order valence-electron chi connectivity index (χ2n) is 5.39. The van der Waals surface area contributed by atoms with Gasteiger partial charge < -0.3 is 0 Å². The topological polar surface area (TPSA) is 12.9 Å². The van der Waals surface area contributed by atoms with Gasteiger partial charge in [-0.3, -0.25) is 4.98 Å². The molecule has 0 aliphatic carbocycles. The number of aromatic nitrogens is 1. The molecule has 1 nitrogen and oxygen atoms in total. The molecular formula is C20H15N. The van der Waals surface area contributed by atoms with E-state index in [9.17, 15) is 0 Å². The maximum absolute atomic E-state index is 4.64. The molecule has 0 bridgehead atoms. The fourth-order valence-electron chi connectivity index (χ4n) is 2.94. The molecule has 4 aromatic rings. The van der Waals surface area contributed by atoms with Gasteiger partial charge in [-0.05, 0) is 40.8 Å². The molecule has 3 aromatic carbocycles. The van der Waals surface area contributed by atoms with E-state index < -0.39 is 0 Å². The average Bonchev–Trinajstić information content (AvgIpc) is 2.54. The molecule has 1 heterocycles. The minimum atomic E-state index is 1.07. The molecule has 4 rings (SSSR count). The molecule has 0 aliphatic rings. The van der Waals surface area contributed by atoms with Crippen LogP contribution < -0.4 is 0 Å². The first-order chi connectivity index (χ1) is 10.3. The summed E-state index contributed by atoms with van der Waals surface area (Å²) in [6.45, 7) is 2.16. The van der Waals surface area contributed by atoms with E-state index in [4.69, 9.17) is 0 Å². The molecule has 0 aliphatic heterocycles. The normalized spacial score (nSPS) is 11.1. The van der Waals surface area contributed by atoms with E-state index in [2.05, 4.69) is 78.6 Å². The van der Waals surface area contributed by atoms with Crippen LogP contribution in [0.15, 0.2) is 72.9 Å². The second-order valence-corrected chi connectivity index (χ2v) is 5.39. The maximum Gasteiger partial charge on any atom is 0.0783 e. The Labute approximate surface area is 123 Å². The van der Waals surface area contributed by atoms with Crippen molar-refractivity contribution >= 4 is 21.5 Å². The van der Waals surface area contributed by atoms with E-state index >= 15 is 0 Å². The van der Waals surface area contributed by atoms with Gasteiger partial charge in [0, 0.05) is 17.1 Å². The van der Waals surface area contributed by atoms with Gasteiger partial charge in [0.2, 0.25) is 0 Å². The van der Waals surface area contributed by atoms with Crippen LogP contribution in [0.5, 0.6) is 0 Å². The Morgan fingerprint density at radius 1 is 0.714 bits per heavy atom. The molecule has 0 radical (unpaired) electrons. The fraction of sp³-hybridized carbons (Fsp3) is 0.0500. The number of rotatable bonds is 1. The summed E-state index contributed by atoms with van der Waals surface area (Å²) in [5.41, 5.74) is 3.54. The van der Waals surface area contributed by atoms with Crippen molar-refractivity contribution in [2.45, 2.75) is 6.92 Å². The molecule has 0 N–H and O–H groups in total. The first-order valence-corrected chi connectivity index (χ1v) is 7.16. The number of hydrogen-bond acceptors (Lipinski definition) is 1. The van der Waals surface area contributed by atoms with Crippen LogP contribution in [-0.2, 0) is 0 Å². The van der Waals surface area contributed by atoms with E-state index in [-0.39, 0.29) is 0 Å². The number of fused-ring (bicyclic) bond motifs is 2. The van der Waals surface area contributed by atoms with Crippen molar-refractivity contribution in [1.29, 1.82) is 0 Å². The van der Waals surface area contributed by atoms with Crippen LogP contribution in [0.3, 0.4) is 0 Å². The summed E-state index contributed by atoms with van der Waals surface area (Å²) in [5, 5.41) is 4.97. The van der Waals surface area contributed by atoms with Crippen LogP contribution in [0, 0.1) is 6.92 Å². The summed E-state index contributed by atoms with van der Waals surface area (Å²) < 4.78 is 0. The van der Waals surface area contributed by atoms with E-state index in [1.807, 2.05) is 6.20 Å². The van der Waals surface area contributed by atoms with Gasteiger partial charge in [-0.2, -0.15) is 0 Å². The lowest BCUT2D eigenvalue weighted by Gasteiger charge is -2.10. The molecule has 21 heavy (non-hydrogen) atoms. The Kier molecular flexibility index (Phi) is 2.71. The first-order valence-electron chi connectivity index (χ1n) is 7.16. The maximum atomic E-state index is 4.64. The lowest BCUT2D eigenvalue weighted by Crippen LogP contribution is -1.89. The number of aryl methyl sites for hydroxylation is 1. The highest BCUT2D eigenvalue weighted by atomic mass is 14.7. The molecule has 100 valence electrons. The van der Waals surface area contributed by atoms with Crippen molar-refractivity contribution in [3.05, 3.63) is 78.5 Å². The van der Waals surface area contributed by atoms with Gasteiger partial charge in [0.05, 0.1) is 5.69 Å². The SMILES string of the molecule is Cc1cc2ccccc2cc1-c1nccc2ccccc12.